The van der Waals surface area contributed by atoms with Crippen LogP contribution in [-0.2, 0) is 14.4 Å². The molecule has 10 heteroatoms. The van der Waals surface area contributed by atoms with Crippen molar-refractivity contribution in [2.24, 2.45) is 5.10 Å². The Morgan fingerprint density at radius 2 is 1.65 bits per heavy atom. The van der Waals surface area contributed by atoms with Crippen LogP contribution in [0.25, 0.3) is 0 Å². The second kappa shape index (κ2) is 11.8. The lowest BCUT2D eigenvalue weighted by Gasteiger charge is -2.08. The van der Waals surface area contributed by atoms with Crippen LogP contribution >= 0.6 is 23.2 Å². The molecular weight excluding hydrogens is 479 g/mol. The van der Waals surface area contributed by atoms with Gasteiger partial charge in [-0.25, -0.2) is 5.43 Å². The zero-order valence-corrected chi connectivity index (χ0v) is 19.5. The van der Waals surface area contributed by atoms with Crippen LogP contribution in [0, 0.1) is 6.92 Å². The van der Waals surface area contributed by atoms with E-state index < -0.39 is 11.8 Å². The van der Waals surface area contributed by atoms with Gasteiger partial charge in [0.1, 0.15) is 5.75 Å². The number of benzene rings is 3. The zero-order valence-electron chi connectivity index (χ0n) is 18.0. The van der Waals surface area contributed by atoms with E-state index in [-0.39, 0.29) is 12.5 Å². The predicted molar refractivity (Wildman–Crippen MR) is 133 cm³/mol. The second-order valence-electron chi connectivity index (χ2n) is 7.06. The molecule has 0 fully saturated rings. The van der Waals surface area contributed by atoms with E-state index in [0.717, 1.165) is 5.56 Å². The van der Waals surface area contributed by atoms with Gasteiger partial charge in [0.05, 0.1) is 16.3 Å². The first kappa shape index (κ1) is 24.8. The smallest absolute Gasteiger partial charge is 0.329 e. The first-order chi connectivity index (χ1) is 16.3. The molecule has 8 nitrogen and oxygen atoms in total. The van der Waals surface area contributed by atoms with Gasteiger partial charge in [-0.2, -0.15) is 5.10 Å². The summed E-state index contributed by atoms with van der Waals surface area (Å²) in [5.41, 5.74) is 4.70. The van der Waals surface area contributed by atoms with Crippen LogP contribution in [0.1, 0.15) is 11.1 Å². The summed E-state index contributed by atoms with van der Waals surface area (Å²) in [6, 6.07) is 18.5. The maximum Gasteiger partial charge on any atom is 0.329 e. The van der Waals surface area contributed by atoms with Crippen molar-refractivity contribution in [2.75, 3.05) is 17.2 Å². The molecule has 0 atom stereocenters. The summed E-state index contributed by atoms with van der Waals surface area (Å²) in [4.78, 5) is 36.0. The van der Waals surface area contributed by atoms with Crippen molar-refractivity contribution in [1.82, 2.24) is 5.43 Å². The molecule has 0 aliphatic carbocycles. The molecule has 3 aromatic carbocycles. The third-order valence-corrected chi connectivity index (χ3v) is 5.03. The quantitative estimate of drug-likeness (QED) is 0.254. The van der Waals surface area contributed by atoms with E-state index in [4.69, 9.17) is 27.9 Å². The lowest BCUT2D eigenvalue weighted by molar-refractivity contribution is -0.136. The van der Waals surface area contributed by atoms with E-state index in [1.165, 1.54) is 12.3 Å². The molecular formula is C24H20Cl2N4O4. The maximum absolute atomic E-state index is 12.1. The number of amides is 3. The van der Waals surface area contributed by atoms with Crippen molar-refractivity contribution >= 4 is 58.5 Å². The number of anilines is 2. The topological polar surface area (TPSA) is 109 Å². The normalized spacial score (nSPS) is 10.6. The molecule has 0 aromatic heterocycles. The Labute approximate surface area is 205 Å². The fraction of sp³-hybridized carbons (Fsp3) is 0.0833. The van der Waals surface area contributed by atoms with Crippen LogP contribution in [0.3, 0.4) is 0 Å². The van der Waals surface area contributed by atoms with Crippen LogP contribution in [0.4, 0.5) is 11.4 Å². The molecule has 3 rings (SSSR count). The van der Waals surface area contributed by atoms with Crippen molar-refractivity contribution in [3.63, 3.8) is 0 Å². The van der Waals surface area contributed by atoms with Crippen LogP contribution < -0.4 is 20.8 Å². The number of hydrogen-bond acceptors (Lipinski definition) is 5. The monoisotopic (exact) mass is 498 g/mol. The van der Waals surface area contributed by atoms with Crippen molar-refractivity contribution in [3.05, 3.63) is 87.9 Å². The number of carbonyl (C=O) groups is 3. The lowest BCUT2D eigenvalue weighted by Crippen LogP contribution is -2.32. The third kappa shape index (κ3) is 7.61. The highest BCUT2D eigenvalue weighted by molar-refractivity contribution is 6.42. The largest absolute Gasteiger partial charge is 0.484 e. The molecule has 0 bridgehead atoms. The lowest BCUT2D eigenvalue weighted by atomic mass is 10.2. The molecule has 174 valence electrons. The third-order valence-electron chi connectivity index (χ3n) is 4.29. The van der Waals surface area contributed by atoms with E-state index in [9.17, 15) is 14.4 Å². The van der Waals surface area contributed by atoms with Gasteiger partial charge in [0.2, 0.25) is 0 Å². The number of halogens is 2. The van der Waals surface area contributed by atoms with Gasteiger partial charge in [0.25, 0.3) is 5.91 Å². The number of ether oxygens (including phenoxy) is 1. The average molecular weight is 499 g/mol. The van der Waals surface area contributed by atoms with Gasteiger partial charge >= 0.3 is 11.8 Å². The highest BCUT2D eigenvalue weighted by Gasteiger charge is 2.12. The average Bonchev–Trinajstić information content (AvgIpc) is 2.80. The maximum atomic E-state index is 12.1. The van der Waals surface area contributed by atoms with Gasteiger partial charge in [-0.05, 0) is 60.5 Å². The first-order valence-electron chi connectivity index (χ1n) is 9.99. The molecule has 0 radical (unpaired) electrons. The Morgan fingerprint density at radius 1 is 0.882 bits per heavy atom. The summed E-state index contributed by atoms with van der Waals surface area (Å²) in [6.45, 7) is 1.64. The molecule has 34 heavy (non-hydrogen) atoms. The molecule has 3 N–H and O–H groups in total. The van der Waals surface area contributed by atoms with Crippen molar-refractivity contribution in [2.45, 2.75) is 6.92 Å². The molecule has 0 aliphatic heterocycles. The number of aryl methyl sites for hydroxylation is 1. The molecule has 0 aliphatic rings. The van der Waals surface area contributed by atoms with Gasteiger partial charge < -0.3 is 15.4 Å². The van der Waals surface area contributed by atoms with Crippen molar-refractivity contribution < 1.29 is 19.1 Å². The molecule has 0 heterocycles. The van der Waals surface area contributed by atoms with Gasteiger partial charge in [-0.15, -0.1) is 0 Å². The Kier molecular flexibility index (Phi) is 8.61. The number of rotatable bonds is 7. The SMILES string of the molecule is Cc1cccc(NC(=O)C(=O)N/N=C\c2cccc(OCC(=O)Nc3ccc(Cl)c(Cl)c3)c2)c1. The van der Waals surface area contributed by atoms with Crippen LogP contribution in [-0.4, -0.2) is 30.5 Å². The number of carbonyl (C=O) groups excluding carboxylic acids is 3. The van der Waals surface area contributed by atoms with Gasteiger partial charge in [0.15, 0.2) is 6.61 Å². The second-order valence-corrected chi connectivity index (χ2v) is 7.88. The molecule has 0 unspecified atom stereocenters. The van der Waals surface area contributed by atoms with Gasteiger partial charge in [0, 0.05) is 11.4 Å². The molecule has 0 saturated carbocycles. The number of hydrazone groups is 1. The van der Waals surface area contributed by atoms with E-state index in [1.807, 2.05) is 13.0 Å². The van der Waals surface area contributed by atoms with Gasteiger partial charge in [-0.1, -0.05) is 47.5 Å². The minimum absolute atomic E-state index is 0.239. The summed E-state index contributed by atoms with van der Waals surface area (Å²) in [5, 5.41) is 9.65. The minimum Gasteiger partial charge on any atom is -0.484 e. The Hall–Kier alpha value is -3.88. The zero-order chi connectivity index (χ0) is 24.5. The van der Waals surface area contributed by atoms with E-state index in [0.29, 0.717) is 32.7 Å². The van der Waals surface area contributed by atoms with E-state index in [2.05, 4.69) is 21.2 Å². The summed E-state index contributed by atoms with van der Waals surface area (Å²) in [7, 11) is 0. The fourth-order valence-corrected chi connectivity index (χ4v) is 3.03. The van der Waals surface area contributed by atoms with Crippen LogP contribution in [0.2, 0.25) is 10.0 Å². The Morgan fingerprint density at radius 3 is 2.41 bits per heavy atom. The molecule has 3 amide bonds. The summed E-state index contributed by atoms with van der Waals surface area (Å²) < 4.78 is 5.49. The molecule has 3 aromatic rings. The Bertz CT molecular complexity index is 1250. The van der Waals surface area contributed by atoms with Crippen molar-refractivity contribution in [3.8, 4) is 5.75 Å². The van der Waals surface area contributed by atoms with Crippen LogP contribution in [0.15, 0.2) is 71.8 Å². The summed E-state index contributed by atoms with van der Waals surface area (Å²) >= 11 is 11.8. The highest BCUT2D eigenvalue weighted by Crippen LogP contribution is 2.25. The molecule has 0 spiro atoms. The Balaban J connectivity index is 1.48. The van der Waals surface area contributed by atoms with Gasteiger partial charge in [-0.3, -0.25) is 14.4 Å². The van der Waals surface area contributed by atoms with E-state index in [1.54, 1.807) is 54.6 Å². The standard InChI is InChI=1S/C24H20Cl2N4O4/c1-15-4-2-6-17(10-15)29-23(32)24(33)30-27-13-16-5-3-7-19(11-16)34-14-22(31)28-18-8-9-20(25)21(26)12-18/h2-13H,14H2,1H3,(H,28,31)(H,29,32)(H,30,33)/b27-13-. The first-order valence-corrected chi connectivity index (χ1v) is 10.7. The number of nitrogens with zero attached hydrogens (tertiary/aromatic N) is 1. The van der Waals surface area contributed by atoms with Crippen molar-refractivity contribution in [1.29, 1.82) is 0 Å². The minimum atomic E-state index is -0.913. The number of hydrogen-bond donors (Lipinski definition) is 3. The predicted octanol–water partition coefficient (Wildman–Crippen LogP) is 4.41. The fourth-order valence-electron chi connectivity index (χ4n) is 2.73. The highest BCUT2D eigenvalue weighted by atomic mass is 35.5. The number of nitrogens with one attached hydrogen (secondary N) is 3. The summed E-state index contributed by atoms with van der Waals surface area (Å²) in [6.07, 6.45) is 1.35. The molecule has 0 saturated heterocycles. The summed E-state index contributed by atoms with van der Waals surface area (Å²) in [5.74, 6) is -1.72. The van der Waals surface area contributed by atoms with E-state index >= 15 is 0 Å². The van der Waals surface area contributed by atoms with Crippen LogP contribution in [0.5, 0.6) is 5.75 Å².